The van der Waals surface area contributed by atoms with Crippen molar-refractivity contribution >= 4 is 80.6 Å². The molecule has 4 aliphatic heterocycles. The fourth-order valence-corrected chi connectivity index (χ4v) is 9.16. The number of halogens is 7. The number of imidazole rings is 2. The van der Waals surface area contributed by atoms with Crippen LogP contribution < -0.4 is 20.9 Å². The molecule has 389 valence electrons. The number of carbonyl (C=O) groups is 2. The first kappa shape index (κ1) is 56.5. The summed E-state index contributed by atoms with van der Waals surface area (Å²) in [4.78, 5) is 51.0. The fraction of sp³-hybridized carbons (Fsp3) is 0.404. The molecule has 12 rings (SSSR count). The number of hydrogen-bond acceptors (Lipinski definition) is 12. The molecule has 77 heavy (non-hydrogen) atoms. The van der Waals surface area contributed by atoms with Gasteiger partial charge in [0.05, 0.1) is 54.3 Å². The minimum Gasteiger partial charge on any atom is -0.441 e. The monoisotopic (exact) mass is 1050 g/mol. The van der Waals surface area contributed by atoms with Crippen molar-refractivity contribution in [3.63, 3.8) is 0 Å². The van der Waals surface area contributed by atoms with E-state index in [2.05, 4.69) is 35.2 Å². The number of nitrogens with two attached hydrogens (primary N) is 1. The van der Waals surface area contributed by atoms with Gasteiger partial charge in [0, 0.05) is 92.0 Å². The molecular formula is C47H47B7F7N12O4. The molecule has 3 N–H and O–H groups in total. The van der Waals surface area contributed by atoms with Crippen LogP contribution in [-0.4, -0.2) is 126 Å². The number of nitrogens with one attached hydrogen (secondary N) is 1. The normalized spacial score (nSPS) is 17.4. The van der Waals surface area contributed by atoms with Crippen LogP contribution in [0, 0.1) is 6.08 Å². The molecule has 8 heterocycles. The summed E-state index contributed by atoms with van der Waals surface area (Å²) in [5.74, 6) is 1.08. The van der Waals surface area contributed by atoms with Crippen molar-refractivity contribution < 1.29 is 49.8 Å². The van der Waals surface area contributed by atoms with E-state index in [0.29, 0.717) is 67.4 Å². The van der Waals surface area contributed by atoms with E-state index >= 15 is 0 Å². The molecule has 0 bridgehead atoms. The van der Waals surface area contributed by atoms with Crippen LogP contribution in [0.3, 0.4) is 0 Å². The Hall–Kier alpha value is -6.72. The molecule has 2 amide bonds. The van der Waals surface area contributed by atoms with Gasteiger partial charge >= 0.3 is 30.6 Å². The molecule has 6 aromatic rings. The van der Waals surface area contributed by atoms with E-state index in [-0.39, 0.29) is 42.9 Å². The number of fused-ring (bicyclic) bond motifs is 6. The van der Waals surface area contributed by atoms with Crippen LogP contribution in [0.15, 0.2) is 73.6 Å². The summed E-state index contributed by atoms with van der Waals surface area (Å²) in [7, 11) is 21.6. The Balaban J connectivity index is 0.000000154. The number of anilines is 3. The summed E-state index contributed by atoms with van der Waals surface area (Å²) >= 11 is 0. The standard InChI is InChI=1S/C23H21F3N6O2.C14H14F3N3.C9H8FN3O2.CH4.B7/c1-13(29-20-27-9-6-18(30-20)31-11-22(7-8-22)34-21(31)33)19-17-4-2-14-10-15(23(24,25)26)3-5-16(14)32(17)12-28-19;1-8(18)13-12-4-2-9-6-10(14(15,16)17)3-5-11(9)20(12)7-19-13;10-7-11-4-1-6(12-7)13-5-9(2-3-9)15-8(13)14;;1-5-7(4)6(2)3/h3,5-6,9-10,12-13H,2,4,7-8,11H2,1H3,(H,27,29,30);3,5-8H,2,4,18H2,1H3;1,4H,2-3,5H2;1H4;/t13-;8-;;;/m00.../s1. The number of alkyl halides is 6. The molecule has 4 fully saturated rings. The number of ether oxygens (including phenoxy) is 2. The summed E-state index contributed by atoms with van der Waals surface area (Å²) in [6, 6.07) is 10.4. The van der Waals surface area contributed by atoms with Gasteiger partial charge in [-0.2, -0.15) is 40.7 Å². The quantitative estimate of drug-likeness (QED) is 0.0957. The maximum Gasteiger partial charge on any atom is 0.416 e. The van der Waals surface area contributed by atoms with Crippen LogP contribution in [0.1, 0.15) is 104 Å². The predicted molar refractivity (Wildman–Crippen MR) is 279 cm³/mol. The lowest BCUT2D eigenvalue weighted by atomic mass is 8.76. The lowest BCUT2D eigenvalue weighted by Crippen LogP contribution is -2.43. The number of rotatable bonds is 8. The van der Waals surface area contributed by atoms with Gasteiger partial charge in [-0.1, -0.05) is 7.43 Å². The van der Waals surface area contributed by atoms with Crippen LogP contribution in [0.2, 0.25) is 0 Å². The van der Waals surface area contributed by atoms with E-state index in [9.17, 15) is 40.3 Å². The number of aryl methyl sites for hydroxylation is 2. The van der Waals surface area contributed by atoms with Crippen molar-refractivity contribution in [2.45, 2.75) is 108 Å². The Morgan fingerprint density at radius 1 is 0.701 bits per heavy atom. The maximum atomic E-state index is 13.1. The van der Waals surface area contributed by atoms with Crippen LogP contribution in [0.25, 0.3) is 11.4 Å². The smallest absolute Gasteiger partial charge is 0.416 e. The molecule has 9 radical (unpaired) electrons. The van der Waals surface area contributed by atoms with E-state index in [1.165, 1.54) is 53.4 Å². The SMILES string of the molecule is C.C[C@H](N)c1ncn2c1CCc1cc(C(F)(F)F)ccc1-2.C[C@H](Nc1nccc(N2CC3(CC3)OC2=O)n1)c1ncn2c1CCc1cc(C(F)(F)F)ccc1-2.O=C1OC2(CC2)CN1c1ccnc(F)n1.[B][B]B([B])B([B])[B]. The first-order valence-corrected chi connectivity index (χ1v) is 24.2. The Bertz CT molecular complexity index is 3140. The zero-order valence-electron chi connectivity index (χ0n) is 41.0. The van der Waals surface area contributed by atoms with Crippen molar-refractivity contribution in [2.24, 2.45) is 5.73 Å². The Morgan fingerprint density at radius 3 is 1.58 bits per heavy atom. The van der Waals surface area contributed by atoms with Gasteiger partial charge in [0.15, 0.2) is 0 Å². The van der Waals surface area contributed by atoms with E-state index in [0.717, 1.165) is 66.3 Å². The first-order chi connectivity index (χ1) is 36.0. The maximum absolute atomic E-state index is 13.1. The molecule has 2 aromatic carbocycles. The predicted octanol–water partition coefficient (Wildman–Crippen LogP) is 6.53. The van der Waals surface area contributed by atoms with Crippen molar-refractivity contribution in [3.05, 3.63) is 125 Å². The van der Waals surface area contributed by atoms with E-state index in [1.54, 1.807) is 24.9 Å². The molecule has 16 nitrogen and oxygen atoms in total. The summed E-state index contributed by atoms with van der Waals surface area (Å²) in [5, 5.41) is 3.24. The zero-order valence-corrected chi connectivity index (χ0v) is 41.0. The Kier molecular flexibility index (Phi) is 16.1. The molecule has 2 spiro atoms. The highest BCUT2D eigenvalue weighted by atomic mass is 19.4. The van der Waals surface area contributed by atoms with Gasteiger partial charge in [-0.05, 0) is 125 Å². The number of amides is 2. The van der Waals surface area contributed by atoms with E-state index in [1.807, 2.05) is 23.0 Å². The highest BCUT2D eigenvalue weighted by Crippen LogP contribution is 2.47. The number of carbonyl (C=O) groups excluding carboxylic acids is 2. The molecular weight excluding hydrogens is 1010 g/mol. The average molecular weight is 1050 g/mol. The summed E-state index contributed by atoms with van der Waals surface area (Å²) < 4.78 is 105. The zero-order chi connectivity index (χ0) is 54.5. The first-order valence-electron chi connectivity index (χ1n) is 24.2. The van der Waals surface area contributed by atoms with Crippen molar-refractivity contribution in [1.29, 1.82) is 0 Å². The second-order valence-electron chi connectivity index (χ2n) is 19.3. The number of hydrogen-bond donors (Lipinski definition) is 2. The highest BCUT2D eigenvalue weighted by Gasteiger charge is 2.56. The third-order valence-electron chi connectivity index (χ3n) is 13.6. The molecule has 6 aliphatic rings. The summed E-state index contributed by atoms with van der Waals surface area (Å²) in [5.41, 5.74) is 10.3. The molecule has 0 unspecified atom stereocenters. The number of benzene rings is 2. The third kappa shape index (κ3) is 12.4. The molecule has 2 saturated carbocycles. The summed E-state index contributed by atoms with van der Waals surface area (Å²) in [6.07, 6.45) is 0.647. The Labute approximate surface area is 446 Å². The Morgan fingerprint density at radius 2 is 1.17 bits per heavy atom. The van der Waals surface area contributed by atoms with Crippen LogP contribution in [-0.2, 0) is 47.5 Å². The van der Waals surface area contributed by atoms with Gasteiger partial charge in [-0.15, -0.1) is 0 Å². The van der Waals surface area contributed by atoms with Crippen LogP contribution in [0.5, 0.6) is 0 Å². The van der Waals surface area contributed by atoms with Crippen molar-refractivity contribution in [1.82, 2.24) is 39.0 Å². The van der Waals surface area contributed by atoms with Gasteiger partial charge in [-0.25, -0.2) is 29.5 Å². The highest BCUT2D eigenvalue weighted by molar-refractivity contribution is 7.81. The van der Waals surface area contributed by atoms with E-state index < -0.39 is 48.1 Å². The second kappa shape index (κ2) is 22.0. The van der Waals surface area contributed by atoms with Gasteiger partial charge in [0.25, 0.3) is 0 Å². The largest absolute Gasteiger partial charge is 0.441 e. The summed E-state index contributed by atoms with van der Waals surface area (Å²) in [6.45, 7) is 4.72. The number of nitrogens with zero attached hydrogens (tertiary/aromatic N) is 10. The molecule has 30 heteroatoms. The van der Waals surface area contributed by atoms with Crippen molar-refractivity contribution in [3.8, 4) is 11.4 Å². The minimum absolute atomic E-state index is 0. The van der Waals surface area contributed by atoms with Crippen LogP contribution in [0.4, 0.5) is 57.9 Å². The number of aromatic nitrogens is 8. The molecule has 2 atom stereocenters. The minimum atomic E-state index is -4.37. The third-order valence-corrected chi connectivity index (χ3v) is 13.6. The van der Waals surface area contributed by atoms with Gasteiger partial charge in [-0.3, -0.25) is 9.80 Å². The average Bonchev–Trinajstić information content (AvgIpc) is 4.08. The fourth-order valence-electron chi connectivity index (χ4n) is 9.16. The van der Waals surface area contributed by atoms with Gasteiger partial charge in [0.1, 0.15) is 22.8 Å². The van der Waals surface area contributed by atoms with E-state index in [4.69, 9.17) is 46.2 Å². The van der Waals surface area contributed by atoms with Crippen molar-refractivity contribution in [2.75, 3.05) is 28.2 Å². The topological polar surface area (TPSA) is 184 Å². The second-order valence-corrected chi connectivity index (χ2v) is 19.3. The molecule has 4 aromatic heterocycles. The molecule has 2 aliphatic carbocycles. The van der Waals surface area contributed by atoms with Crippen LogP contribution >= 0.6 is 0 Å². The van der Waals surface area contributed by atoms with Gasteiger partial charge < -0.3 is 29.7 Å². The molecule has 2 saturated heterocycles. The van der Waals surface area contributed by atoms with Gasteiger partial charge in [0.2, 0.25) is 5.95 Å². The lowest BCUT2D eigenvalue weighted by molar-refractivity contribution is -0.138. The lowest BCUT2D eigenvalue weighted by Gasteiger charge is -2.22.